The lowest BCUT2D eigenvalue weighted by Gasteiger charge is -2.08. The van der Waals surface area contributed by atoms with Gasteiger partial charge in [0.1, 0.15) is 0 Å². The van der Waals surface area contributed by atoms with E-state index in [9.17, 15) is 4.79 Å². The van der Waals surface area contributed by atoms with Crippen molar-refractivity contribution in [1.29, 1.82) is 0 Å². The van der Waals surface area contributed by atoms with E-state index in [0.717, 1.165) is 9.26 Å². The summed E-state index contributed by atoms with van der Waals surface area (Å²) in [5.41, 5.74) is 1.50. The third-order valence-electron chi connectivity index (χ3n) is 3.02. The number of hydrogen-bond acceptors (Lipinski definition) is 4. The number of carbonyl (C=O) groups is 1. The number of benzene rings is 2. The summed E-state index contributed by atoms with van der Waals surface area (Å²) in [6.45, 7) is 0. The highest BCUT2D eigenvalue weighted by atomic mass is 127. The summed E-state index contributed by atoms with van der Waals surface area (Å²) in [6.07, 6.45) is 3.13. The highest BCUT2D eigenvalue weighted by Gasteiger charge is 2.08. The molecule has 2 rings (SSSR count). The number of allylic oxidation sites excluding steroid dienone is 1. The molecule has 0 spiro atoms. The van der Waals surface area contributed by atoms with Crippen LogP contribution in [0.4, 0.5) is 5.69 Å². The number of halogens is 1. The highest BCUT2D eigenvalue weighted by molar-refractivity contribution is 14.1. The second-order valence-electron chi connectivity index (χ2n) is 4.39. The maximum Gasteiger partial charge on any atom is 0.187 e. The van der Waals surface area contributed by atoms with Gasteiger partial charge < -0.3 is 14.8 Å². The Morgan fingerprint density at radius 1 is 1.09 bits per heavy atom. The van der Waals surface area contributed by atoms with Crippen LogP contribution in [0.2, 0.25) is 0 Å². The summed E-state index contributed by atoms with van der Waals surface area (Å²) < 4.78 is 11.4. The molecule has 2 aromatic rings. The number of carbonyl (C=O) groups excluding carboxylic acids is 1. The molecule has 0 fully saturated rings. The van der Waals surface area contributed by atoms with Crippen LogP contribution in [0.3, 0.4) is 0 Å². The van der Waals surface area contributed by atoms with Gasteiger partial charge in [-0.1, -0.05) is 12.1 Å². The molecule has 5 heteroatoms. The van der Waals surface area contributed by atoms with Gasteiger partial charge in [0.2, 0.25) is 0 Å². The Morgan fingerprint density at radius 3 is 2.50 bits per heavy atom. The molecule has 4 nitrogen and oxygen atoms in total. The fraction of sp³-hybridized carbons (Fsp3) is 0.118. The highest BCUT2D eigenvalue weighted by Crippen LogP contribution is 2.27. The van der Waals surface area contributed by atoms with E-state index in [1.165, 1.54) is 6.08 Å². The summed E-state index contributed by atoms with van der Waals surface area (Å²) in [6, 6.07) is 12.9. The Kier molecular flexibility index (Phi) is 5.83. The summed E-state index contributed by atoms with van der Waals surface area (Å²) >= 11 is 2.23. The number of methoxy groups -OCH3 is 2. The van der Waals surface area contributed by atoms with Crippen molar-refractivity contribution < 1.29 is 14.3 Å². The average molecular weight is 409 g/mol. The third kappa shape index (κ3) is 4.00. The fourth-order valence-electron chi connectivity index (χ4n) is 1.87. The van der Waals surface area contributed by atoms with Gasteiger partial charge >= 0.3 is 0 Å². The molecule has 0 aliphatic heterocycles. The lowest BCUT2D eigenvalue weighted by molar-refractivity contribution is 0.104. The van der Waals surface area contributed by atoms with E-state index < -0.39 is 0 Å². The van der Waals surface area contributed by atoms with Gasteiger partial charge in [-0.25, -0.2) is 0 Å². The van der Waals surface area contributed by atoms with Crippen LogP contribution in [0.1, 0.15) is 10.4 Å². The molecule has 0 radical (unpaired) electrons. The number of anilines is 1. The normalized spacial score (nSPS) is 10.5. The van der Waals surface area contributed by atoms with Crippen molar-refractivity contribution in [2.45, 2.75) is 0 Å². The monoisotopic (exact) mass is 409 g/mol. The minimum absolute atomic E-state index is 0.112. The van der Waals surface area contributed by atoms with Gasteiger partial charge in [0.15, 0.2) is 17.3 Å². The molecular formula is C17H16INO3. The van der Waals surface area contributed by atoms with Crippen LogP contribution in [-0.4, -0.2) is 20.0 Å². The maximum atomic E-state index is 12.2. The number of hydrogen-bond donors (Lipinski definition) is 1. The number of rotatable bonds is 6. The molecule has 0 amide bonds. The summed E-state index contributed by atoms with van der Waals surface area (Å²) in [5.74, 6) is 1.02. The van der Waals surface area contributed by atoms with Crippen molar-refractivity contribution in [2.24, 2.45) is 0 Å². The molecule has 0 heterocycles. The molecule has 0 aromatic heterocycles. The molecule has 0 saturated carbocycles. The summed E-state index contributed by atoms with van der Waals surface area (Å²) in [5, 5.41) is 3.10. The Hall–Kier alpha value is -2.02. The third-order valence-corrected chi connectivity index (χ3v) is 3.96. The van der Waals surface area contributed by atoms with E-state index in [0.29, 0.717) is 17.1 Å². The van der Waals surface area contributed by atoms with Crippen molar-refractivity contribution in [2.75, 3.05) is 19.5 Å². The Morgan fingerprint density at radius 2 is 1.82 bits per heavy atom. The number of nitrogens with one attached hydrogen (secondary N) is 1. The molecule has 1 N–H and O–H groups in total. The second-order valence-corrected chi connectivity index (χ2v) is 5.55. The minimum Gasteiger partial charge on any atom is -0.493 e. The van der Waals surface area contributed by atoms with Crippen molar-refractivity contribution in [3.05, 3.63) is 63.9 Å². The zero-order chi connectivity index (χ0) is 15.9. The van der Waals surface area contributed by atoms with Crippen LogP contribution in [0.5, 0.6) is 11.5 Å². The molecule has 2 aromatic carbocycles. The Labute approximate surface area is 143 Å². The lowest BCUT2D eigenvalue weighted by Crippen LogP contribution is -1.99. The van der Waals surface area contributed by atoms with Crippen molar-refractivity contribution >= 4 is 34.1 Å². The topological polar surface area (TPSA) is 47.6 Å². The Balaban J connectivity index is 2.09. The van der Waals surface area contributed by atoms with E-state index in [-0.39, 0.29) is 5.78 Å². The summed E-state index contributed by atoms with van der Waals surface area (Å²) in [7, 11) is 3.10. The van der Waals surface area contributed by atoms with Crippen molar-refractivity contribution in [1.82, 2.24) is 0 Å². The standard InChI is InChI=1S/C17H16INO3/c1-21-16-8-7-12(11-17(16)22-2)15(20)9-10-19-14-6-4-3-5-13(14)18/h3-11,19H,1-2H3/b10-9+. The van der Waals surface area contributed by atoms with E-state index in [1.54, 1.807) is 38.6 Å². The first-order chi connectivity index (χ1) is 10.7. The molecule has 0 aliphatic carbocycles. The van der Waals surface area contributed by atoms with Gasteiger partial charge in [0.25, 0.3) is 0 Å². The zero-order valence-corrected chi connectivity index (χ0v) is 14.5. The first-order valence-electron chi connectivity index (χ1n) is 6.59. The molecule has 114 valence electrons. The molecule has 22 heavy (non-hydrogen) atoms. The van der Waals surface area contributed by atoms with E-state index in [2.05, 4.69) is 27.9 Å². The van der Waals surface area contributed by atoms with Gasteiger partial charge in [-0.05, 0) is 52.9 Å². The zero-order valence-electron chi connectivity index (χ0n) is 12.3. The van der Waals surface area contributed by atoms with Crippen molar-refractivity contribution in [3.63, 3.8) is 0 Å². The SMILES string of the molecule is COc1ccc(C(=O)/C=C/Nc2ccccc2I)cc1OC. The molecule has 0 atom stereocenters. The van der Waals surface area contributed by atoms with Crippen LogP contribution in [0, 0.1) is 3.57 Å². The van der Waals surface area contributed by atoms with E-state index in [4.69, 9.17) is 9.47 Å². The van der Waals surface area contributed by atoms with Gasteiger partial charge in [0, 0.05) is 21.4 Å². The van der Waals surface area contributed by atoms with Gasteiger partial charge in [-0.15, -0.1) is 0 Å². The second kappa shape index (κ2) is 7.84. The summed E-state index contributed by atoms with van der Waals surface area (Å²) in [4.78, 5) is 12.2. The molecule has 0 saturated heterocycles. The van der Waals surface area contributed by atoms with Crippen LogP contribution in [0.15, 0.2) is 54.7 Å². The van der Waals surface area contributed by atoms with E-state index in [1.807, 2.05) is 24.3 Å². The fourth-order valence-corrected chi connectivity index (χ4v) is 2.41. The molecular weight excluding hydrogens is 393 g/mol. The average Bonchev–Trinajstić information content (AvgIpc) is 2.55. The quantitative estimate of drug-likeness (QED) is 0.443. The molecule has 0 unspecified atom stereocenters. The predicted molar refractivity (Wildman–Crippen MR) is 95.8 cm³/mol. The first-order valence-corrected chi connectivity index (χ1v) is 7.67. The lowest BCUT2D eigenvalue weighted by atomic mass is 10.1. The van der Waals surface area contributed by atoms with Crippen LogP contribution in [0.25, 0.3) is 0 Å². The van der Waals surface area contributed by atoms with Crippen LogP contribution in [-0.2, 0) is 0 Å². The van der Waals surface area contributed by atoms with Gasteiger partial charge in [0.05, 0.1) is 19.9 Å². The van der Waals surface area contributed by atoms with Crippen LogP contribution < -0.4 is 14.8 Å². The first kappa shape index (κ1) is 16.4. The largest absolute Gasteiger partial charge is 0.493 e. The molecule has 0 bridgehead atoms. The van der Waals surface area contributed by atoms with Crippen molar-refractivity contribution in [3.8, 4) is 11.5 Å². The smallest absolute Gasteiger partial charge is 0.187 e. The Bertz CT molecular complexity index is 698. The minimum atomic E-state index is -0.112. The predicted octanol–water partition coefficient (Wildman–Crippen LogP) is 4.12. The van der Waals surface area contributed by atoms with E-state index >= 15 is 0 Å². The molecule has 0 aliphatic rings. The van der Waals surface area contributed by atoms with Gasteiger partial charge in [-0.3, -0.25) is 4.79 Å². The number of ketones is 1. The maximum absolute atomic E-state index is 12.2. The number of para-hydroxylation sites is 1. The van der Waals surface area contributed by atoms with Gasteiger partial charge in [-0.2, -0.15) is 0 Å². The van der Waals surface area contributed by atoms with Crippen LogP contribution >= 0.6 is 22.6 Å². The number of ether oxygens (including phenoxy) is 2.